The van der Waals surface area contributed by atoms with E-state index in [2.05, 4.69) is 4.74 Å². The van der Waals surface area contributed by atoms with Crippen molar-refractivity contribution in [1.29, 1.82) is 0 Å². The molecule has 1 aromatic rings. The highest BCUT2D eigenvalue weighted by molar-refractivity contribution is 6.15. The van der Waals surface area contributed by atoms with Crippen LogP contribution in [-0.4, -0.2) is 11.9 Å². The molecular formula is C12H6O4. The predicted octanol–water partition coefficient (Wildman–Crippen LogP) is 1.19. The third-order valence-corrected chi connectivity index (χ3v) is 3.27. The van der Waals surface area contributed by atoms with Crippen molar-refractivity contribution in [2.45, 2.75) is 12.2 Å². The minimum atomic E-state index is -0.554. The summed E-state index contributed by atoms with van der Waals surface area (Å²) in [5, 5.41) is 0. The fourth-order valence-electron chi connectivity index (χ4n) is 2.63. The van der Waals surface area contributed by atoms with E-state index in [1.54, 1.807) is 0 Å². The minimum absolute atomic E-state index is 0.397. The van der Waals surface area contributed by atoms with Gasteiger partial charge in [0.25, 0.3) is 0 Å². The van der Waals surface area contributed by atoms with E-state index in [4.69, 9.17) is 4.74 Å². The smallest absolute Gasteiger partial charge is 0.345 e. The second kappa shape index (κ2) is 2.41. The van der Waals surface area contributed by atoms with Crippen LogP contribution in [0.4, 0.5) is 0 Å². The molecule has 4 rings (SSSR count). The number of rotatable bonds is 0. The summed E-state index contributed by atoms with van der Waals surface area (Å²) in [6.07, 6.45) is -0.815. The molecule has 78 valence electrons. The van der Waals surface area contributed by atoms with Crippen LogP contribution in [0.5, 0.6) is 0 Å². The van der Waals surface area contributed by atoms with Gasteiger partial charge in [-0.2, -0.15) is 0 Å². The maximum Gasteiger partial charge on any atom is 0.345 e. The Kier molecular flexibility index (Phi) is 1.24. The molecule has 2 unspecified atom stereocenters. The number of fused-ring (bicyclic) bond motifs is 7. The number of hydrogen-bond donors (Lipinski definition) is 0. The zero-order valence-corrected chi connectivity index (χ0v) is 8.10. The van der Waals surface area contributed by atoms with Crippen molar-refractivity contribution in [3.8, 4) is 0 Å². The third kappa shape index (κ3) is 0.727. The molecule has 0 saturated heterocycles. The first-order valence-corrected chi connectivity index (χ1v) is 5.02. The number of hydrogen-bond acceptors (Lipinski definition) is 4. The molecule has 3 aliphatic heterocycles. The highest BCUT2D eigenvalue weighted by Crippen LogP contribution is 2.56. The van der Waals surface area contributed by atoms with Gasteiger partial charge in [-0.1, -0.05) is 24.3 Å². The fourth-order valence-corrected chi connectivity index (χ4v) is 2.63. The van der Waals surface area contributed by atoms with Gasteiger partial charge < -0.3 is 9.47 Å². The Hall–Kier alpha value is -1.94. The molecule has 2 bridgehead atoms. The molecule has 3 heterocycles. The lowest BCUT2D eigenvalue weighted by Gasteiger charge is -2.09. The molecule has 0 fully saturated rings. The lowest BCUT2D eigenvalue weighted by atomic mass is 9.87. The maximum absolute atomic E-state index is 11.5. The van der Waals surface area contributed by atoms with Crippen molar-refractivity contribution >= 4 is 11.9 Å². The second-order valence-electron chi connectivity index (χ2n) is 4.03. The summed E-state index contributed by atoms with van der Waals surface area (Å²) >= 11 is 0. The lowest BCUT2D eigenvalue weighted by Crippen LogP contribution is -2.09. The molecule has 4 heteroatoms. The summed E-state index contributed by atoms with van der Waals surface area (Å²) in [5.41, 5.74) is 2.73. The number of carbonyl (C=O) groups is 2. The van der Waals surface area contributed by atoms with Gasteiger partial charge in [0.15, 0.2) is 0 Å². The molecule has 0 amide bonds. The third-order valence-electron chi connectivity index (χ3n) is 3.27. The number of esters is 2. The summed E-state index contributed by atoms with van der Waals surface area (Å²) in [4.78, 5) is 23.0. The Bertz CT molecular complexity index is 535. The van der Waals surface area contributed by atoms with E-state index in [1.165, 1.54) is 0 Å². The summed E-state index contributed by atoms with van der Waals surface area (Å²) in [7, 11) is 0. The van der Waals surface area contributed by atoms with Crippen LogP contribution in [0.1, 0.15) is 23.3 Å². The predicted molar refractivity (Wildman–Crippen MR) is 51.1 cm³/mol. The molecule has 4 nitrogen and oxygen atoms in total. The molecular weight excluding hydrogens is 208 g/mol. The Balaban J connectivity index is 1.99. The van der Waals surface area contributed by atoms with Crippen molar-refractivity contribution in [1.82, 2.24) is 0 Å². The number of benzene rings is 1. The molecule has 0 saturated carbocycles. The summed E-state index contributed by atoms with van der Waals surface area (Å²) in [6.45, 7) is 0. The fraction of sp³-hybridized carbons (Fsp3) is 0.167. The van der Waals surface area contributed by atoms with E-state index in [-0.39, 0.29) is 0 Å². The first-order valence-electron chi connectivity index (χ1n) is 5.02. The van der Waals surface area contributed by atoms with Gasteiger partial charge >= 0.3 is 11.9 Å². The topological polar surface area (TPSA) is 52.6 Å². The Morgan fingerprint density at radius 3 is 1.88 bits per heavy atom. The van der Waals surface area contributed by atoms with Gasteiger partial charge in [0.05, 0.1) is 11.1 Å². The van der Waals surface area contributed by atoms with E-state index in [0.29, 0.717) is 11.1 Å². The molecule has 16 heavy (non-hydrogen) atoms. The molecule has 2 atom stereocenters. The zero-order chi connectivity index (χ0) is 10.9. The Morgan fingerprint density at radius 1 is 0.875 bits per heavy atom. The molecule has 0 aliphatic carbocycles. The molecule has 0 radical (unpaired) electrons. The number of cyclic esters (lactones) is 2. The largest absolute Gasteiger partial charge is 0.386 e. The van der Waals surface area contributed by atoms with Crippen molar-refractivity contribution < 1.29 is 19.1 Å². The normalized spacial score (nSPS) is 29.5. The SMILES string of the molecule is O=C1OC(=O)C2=C1C1OC2c2ccccc21. The second-order valence-corrected chi connectivity index (χ2v) is 4.03. The van der Waals surface area contributed by atoms with Gasteiger partial charge in [-0.05, 0) is 11.1 Å². The standard InChI is InChI=1S/C12H6O4/c13-11-7-8(12(14)16-11)10-6-4-2-1-3-5(6)9(7)15-10/h1-4,9-10H. The van der Waals surface area contributed by atoms with Crippen molar-refractivity contribution in [3.63, 3.8) is 0 Å². The van der Waals surface area contributed by atoms with Gasteiger partial charge in [0.2, 0.25) is 0 Å². The highest BCUT2D eigenvalue weighted by atomic mass is 16.6. The number of carbonyl (C=O) groups excluding carboxylic acids is 2. The number of ether oxygens (including phenoxy) is 2. The van der Waals surface area contributed by atoms with Gasteiger partial charge in [0, 0.05) is 0 Å². The van der Waals surface area contributed by atoms with E-state index < -0.39 is 24.1 Å². The zero-order valence-electron chi connectivity index (χ0n) is 8.10. The van der Waals surface area contributed by atoms with E-state index in [1.807, 2.05) is 24.3 Å². The van der Waals surface area contributed by atoms with Crippen molar-refractivity contribution in [2.75, 3.05) is 0 Å². The first-order chi connectivity index (χ1) is 7.77. The Labute approximate surface area is 90.5 Å². The average Bonchev–Trinajstić information content (AvgIpc) is 2.91. The first kappa shape index (κ1) is 8.24. The van der Waals surface area contributed by atoms with Crippen molar-refractivity contribution in [2.24, 2.45) is 0 Å². The molecule has 0 N–H and O–H groups in total. The van der Waals surface area contributed by atoms with Crippen LogP contribution < -0.4 is 0 Å². The van der Waals surface area contributed by atoms with Gasteiger partial charge in [-0.25, -0.2) is 9.59 Å². The van der Waals surface area contributed by atoms with Crippen LogP contribution in [0.15, 0.2) is 35.4 Å². The summed E-state index contributed by atoms with van der Waals surface area (Å²) in [5.74, 6) is -1.11. The van der Waals surface area contributed by atoms with E-state index in [9.17, 15) is 9.59 Å². The monoisotopic (exact) mass is 214 g/mol. The van der Waals surface area contributed by atoms with Crippen LogP contribution in [0.3, 0.4) is 0 Å². The van der Waals surface area contributed by atoms with Crippen LogP contribution in [0, 0.1) is 0 Å². The van der Waals surface area contributed by atoms with Crippen LogP contribution in [0.2, 0.25) is 0 Å². The average molecular weight is 214 g/mol. The quantitative estimate of drug-likeness (QED) is 0.481. The Morgan fingerprint density at radius 2 is 1.38 bits per heavy atom. The maximum atomic E-state index is 11.5. The van der Waals surface area contributed by atoms with Crippen LogP contribution >= 0.6 is 0 Å². The summed E-state index contributed by atoms with van der Waals surface area (Å²) in [6, 6.07) is 7.62. The van der Waals surface area contributed by atoms with Gasteiger partial charge in [-0.15, -0.1) is 0 Å². The molecule has 0 spiro atoms. The molecule has 0 aromatic heterocycles. The molecule has 1 aromatic carbocycles. The summed E-state index contributed by atoms with van der Waals surface area (Å²) < 4.78 is 10.3. The van der Waals surface area contributed by atoms with E-state index >= 15 is 0 Å². The van der Waals surface area contributed by atoms with Crippen molar-refractivity contribution in [3.05, 3.63) is 46.5 Å². The minimum Gasteiger partial charge on any atom is -0.386 e. The lowest BCUT2D eigenvalue weighted by molar-refractivity contribution is -0.153. The highest BCUT2D eigenvalue weighted by Gasteiger charge is 2.54. The van der Waals surface area contributed by atoms with Crippen LogP contribution in [0.25, 0.3) is 0 Å². The van der Waals surface area contributed by atoms with Crippen LogP contribution in [-0.2, 0) is 19.1 Å². The van der Waals surface area contributed by atoms with E-state index in [0.717, 1.165) is 11.1 Å². The van der Waals surface area contributed by atoms with Gasteiger partial charge in [0.1, 0.15) is 12.2 Å². The molecule has 3 aliphatic rings. The van der Waals surface area contributed by atoms with Gasteiger partial charge in [-0.3, -0.25) is 0 Å².